The molecule has 3 rings (SSSR count). The Hall–Kier alpha value is -2.15. The summed E-state index contributed by atoms with van der Waals surface area (Å²) in [5.74, 6) is 0. The van der Waals surface area contributed by atoms with Gasteiger partial charge in [0.15, 0.2) is 5.58 Å². The number of nitro groups is 1. The van der Waals surface area contributed by atoms with Crippen molar-refractivity contribution in [2.24, 2.45) is 5.73 Å². The van der Waals surface area contributed by atoms with Crippen LogP contribution in [-0.4, -0.2) is 28.5 Å². The average Bonchev–Trinajstić information content (AvgIpc) is 2.88. The molecule has 2 aromatic rings. The molecular weight excluding hydrogens is 272 g/mol. The van der Waals surface area contributed by atoms with E-state index in [0.29, 0.717) is 29.7 Å². The second kappa shape index (κ2) is 5.33. The Kier molecular flexibility index (Phi) is 3.50. The van der Waals surface area contributed by atoms with Crippen LogP contribution in [0.1, 0.15) is 26.2 Å². The SMILES string of the molecule is CC1CCCC(CN)N1c1nc2ccc([N+](=O)[O-])cc2o1. The van der Waals surface area contributed by atoms with E-state index in [2.05, 4.69) is 16.8 Å². The fourth-order valence-electron chi connectivity index (χ4n) is 2.99. The average molecular weight is 290 g/mol. The van der Waals surface area contributed by atoms with Gasteiger partial charge in [0.25, 0.3) is 11.7 Å². The van der Waals surface area contributed by atoms with Gasteiger partial charge in [-0.3, -0.25) is 10.1 Å². The zero-order valence-electron chi connectivity index (χ0n) is 11.9. The monoisotopic (exact) mass is 290 g/mol. The maximum Gasteiger partial charge on any atom is 0.298 e. The molecule has 1 saturated heterocycles. The van der Waals surface area contributed by atoms with E-state index in [-0.39, 0.29) is 11.7 Å². The number of oxazole rings is 1. The van der Waals surface area contributed by atoms with Gasteiger partial charge >= 0.3 is 0 Å². The van der Waals surface area contributed by atoms with Gasteiger partial charge < -0.3 is 15.1 Å². The first-order chi connectivity index (χ1) is 10.1. The number of hydrogen-bond acceptors (Lipinski definition) is 6. The predicted octanol–water partition coefficient (Wildman–Crippen LogP) is 2.44. The summed E-state index contributed by atoms with van der Waals surface area (Å²) in [5.41, 5.74) is 6.92. The van der Waals surface area contributed by atoms with Crippen molar-refractivity contribution in [2.45, 2.75) is 38.3 Å². The molecule has 2 N–H and O–H groups in total. The molecule has 0 aliphatic carbocycles. The first-order valence-corrected chi connectivity index (χ1v) is 7.13. The molecule has 1 aliphatic rings. The van der Waals surface area contributed by atoms with Crippen LogP contribution in [-0.2, 0) is 0 Å². The van der Waals surface area contributed by atoms with Crippen molar-refractivity contribution >= 4 is 22.8 Å². The summed E-state index contributed by atoms with van der Waals surface area (Å²) >= 11 is 0. The third-order valence-corrected chi connectivity index (χ3v) is 4.09. The molecule has 0 spiro atoms. The Bertz CT molecular complexity index is 669. The standard InChI is InChI=1S/C14H18N4O3/c1-9-3-2-4-11(8-15)17(9)14-16-12-6-5-10(18(19)20)7-13(12)21-14/h5-7,9,11H,2-4,8,15H2,1H3. The van der Waals surface area contributed by atoms with Crippen molar-refractivity contribution in [1.82, 2.24) is 4.98 Å². The lowest BCUT2D eigenvalue weighted by atomic mass is 9.97. The normalized spacial score (nSPS) is 22.7. The Labute approximate surface area is 121 Å². The summed E-state index contributed by atoms with van der Waals surface area (Å²) in [6.45, 7) is 2.67. The van der Waals surface area contributed by atoms with Crippen LogP contribution in [0.2, 0.25) is 0 Å². The minimum Gasteiger partial charge on any atom is -0.423 e. The first-order valence-electron chi connectivity index (χ1n) is 7.13. The molecule has 0 amide bonds. The van der Waals surface area contributed by atoms with Crippen LogP contribution in [0.4, 0.5) is 11.7 Å². The summed E-state index contributed by atoms with van der Waals surface area (Å²) in [5, 5.41) is 10.8. The zero-order valence-corrected chi connectivity index (χ0v) is 11.9. The van der Waals surface area contributed by atoms with Crippen LogP contribution in [0.5, 0.6) is 0 Å². The van der Waals surface area contributed by atoms with E-state index < -0.39 is 4.92 Å². The molecule has 1 fully saturated rings. The van der Waals surface area contributed by atoms with Gasteiger partial charge in [0.1, 0.15) is 5.52 Å². The van der Waals surface area contributed by atoms with Crippen LogP contribution < -0.4 is 10.6 Å². The van der Waals surface area contributed by atoms with E-state index in [1.807, 2.05) is 0 Å². The second-order valence-electron chi connectivity index (χ2n) is 5.48. The first kappa shape index (κ1) is 13.8. The number of hydrogen-bond donors (Lipinski definition) is 1. The topological polar surface area (TPSA) is 98.4 Å². The molecule has 112 valence electrons. The van der Waals surface area contributed by atoms with Crippen molar-refractivity contribution in [2.75, 3.05) is 11.4 Å². The lowest BCUT2D eigenvalue weighted by Crippen LogP contribution is -2.49. The molecule has 21 heavy (non-hydrogen) atoms. The fraction of sp³-hybridized carbons (Fsp3) is 0.500. The molecule has 7 nitrogen and oxygen atoms in total. The number of non-ortho nitro benzene ring substituents is 1. The number of aromatic nitrogens is 1. The summed E-state index contributed by atoms with van der Waals surface area (Å²) in [4.78, 5) is 17.0. The molecule has 0 saturated carbocycles. The Morgan fingerprint density at radius 1 is 1.52 bits per heavy atom. The highest BCUT2D eigenvalue weighted by molar-refractivity contribution is 5.77. The van der Waals surface area contributed by atoms with Gasteiger partial charge in [-0.05, 0) is 32.3 Å². The number of benzene rings is 1. The summed E-state index contributed by atoms with van der Waals surface area (Å²) in [6.07, 6.45) is 3.22. The maximum absolute atomic E-state index is 10.8. The van der Waals surface area contributed by atoms with Crippen LogP contribution in [0.25, 0.3) is 11.1 Å². The van der Waals surface area contributed by atoms with Crippen LogP contribution in [0, 0.1) is 10.1 Å². The number of nitrogens with zero attached hydrogens (tertiary/aromatic N) is 3. The van der Waals surface area contributed by atoms with E-state index in [1.54, 1.807) is 6.07 Å². The molecule has 0 bridgehead atoms. The molecule has 2 atom stereocenters. The maximum atomic E-state index is 10.8. The number of fused-ring (bicyclic) bond motifs is 1. The van der Waals surface area contributed by atoms with Gasteiger partial charge in [-0.25, -0.2) is 0 Å². The summed E-state index contributed by atoms with van der Waals surface area (Å²) < 4.78 is 5.76. The number of nitro benzene ring substituents is 1. The highest BCUT2D eigenvalue weighted by Gasteiger charge is 2.30. The number of rotatable bonds is 3. The van der Waals surface area contributed by atoms with Gasteiger partial charge in [0.2, 0.25) is 0 Å². The van der Waals surface area contributed by atoms with E-state index in [4.69, 9.17) is 10.2 Å². The van der Waals surface area contributed by atoms with E-state index >= 15 is 0 Å². The molecule has 0 radical (unpaired) electrons. The Morgan fingerprint density at radius 2 is 2.33 bits per heavy atom. The third kappa shape index (κ3) is 2.44. The van der Waals surface area contributed by atoms with Gasteiger partial charge in [-0.2, -0.15) is 4.98 Å². The van der Waals surface area contributed by atoms with Crippen molar-refractivity contribution in [3.8, 4) is 0 Å². The Balaban J connectivity index is 2.01. The highest BCUT2D eigenvalue weighted by atomic mass is 16.6. The second-order valence-corrected chi connectivity index (χ2v) is 5.48. The number of anilines is 1. The van der Waals surface area contributed by atoms with Crippen molar-refractivity contribution < 1.29 is 9.34 Å². The van der Waals surface area contributed by atoms with Gasteiger partial charge in [0, 0.05) is 24.7 Å². The minimum absolute atomic E-state index is 0.00673. The largest absolute Gasteiger partial charge is 0.423 e. The van der Waals surface area contributed by atoms with E-state index in [9.17, 15) is 10.1 Å². The van der Waals surface area contributed by atoms with Crippen molar-refractivity contribution in [1.29, 1.82) is 0 Å². The zero-order chi connectivity index (χ0) is 15.0. The highest BCUT2D eigenvalue weighted by Crippen LogP contribution is 2.31. The minimum atomic E-state index is -0.437. The lowest BCUT2D eigenvalue weighted by Gasteiger charge is -2.39. The molecule has 1 aromatic heterocycles. The van der Waals surface area contributed by atoms with Crippen LogP contribution in [0.15, 0.2) is 22.6 Å². The Morgan fingerprint density at radius 3 is 3.05 bits per heavy atom. The number of piperidine rings is 1. The van der Waals surface area contributed by atoms with Crippen molar-refractivity contribution in [3.63, 3.8) is 0 Å². The lowest BCUT2D eigenvalue weighted by molar-refractivity contribution is -0.384. The predicted molar refractivity (Wildman–Crippen MR) is 79.3 cm³/mol. The smallest absolute Gasteiger partial charge is 0.298 e. The van der Waals surface area contributed by atoms with Gasteiger partial charge in [-0.15, -0.1) is 0 Å². The number of nitrogens with two attached hydrogens (primary N) is 1. The molecule has 2 heterocycles. The third-order valence-electron chi connectivity index (χ3n) is 4.09. The van der Waals surface area contributed by atoms with Gasteiger partial charge in [-0.1, -0.05) is 0 Å². The molecule has 1 aromatic carbocycles. The summed E-state index contributed by atoms with van der Waals surface area (Å²) in [7, 11) is 0. The van der Waals surface area contributed by atoms with Crippen molar-refractivity contribution in [3.05, 3.63) is 28.3 Å². The van der Waals surface area contributed by atoms with Gasteiger partial charge in [0.05, 0.1) is 11.0 Å². The molecule has 7 heteroatoms. The van der Waals surface area contributed by atoms with Crippen LogP contribution >= 0.6 is 0 Å². The molecule has 2 unspecified atom stereocenters. The van der Waals surface area contributed by atoms with E-state index in [0.717, 1.165) is 19.3 Å². The molecular formula is C14H18N4O3. The van der Waals surface area contributed by atoms with E-state index in [1.165, 1.54) is 12.1 Å². The molecule has 1 aliphatic heterocycles. The van der Waals surface area contributed by atoms with Crippen LogP contribution in [0.3, 0.4) is 0 Å². The summed E-state index contributed by atoms with van der Waals surface area (Å²) in [6, 6.07) is 5.49. The fourth-order valence-corrected chi connectivity index (χ4v) is 2.99. The quantitative estimate of drug-likeness (QED) is 0.688.